The maximum Gasteiger partial charge on any atom is 0.225 e. The van der Waals surface area contributed by atoms with Gasteiger partial charge in [0.1, 0.15) is 0 Å². The van der Waals surface area contributed by atoms with Crippen LogP contribution < -0.4 is 5.32 Å². The van der Waals surface area contributed by atoms with Gasteiger partial charge in [0.15, 0.2) is 0 Å². The Kier molecular flexibility index (Phi) is 5.95. The molecule has 0 bridgehead atoms. The number of amides is 1. The second-order valence-electron chi connectivity index (χ2n) is 4.49. The molecule has 96 valence electrons. The normalized spacial score (nSPS) is 20.0. The Morgan fingerprint density at radius 1 is 1.65 bits per heavy atom. The molecule has 1 atom stereocenters. The van der Waals surface area contributed by atoms with Gasteiger partial charge in [0, 0.05) is 25.7 Å². The van der Waals surface area contributed by atoms with Crippen molar-refractivity contribution in [1.82, 2.24) is 10.2 Å². The summed E-state index contributed by atoms with van der Waals surface area (Å²) < 4.78 is 5.51. The van der Waals surface area contributed by atoms with Gasteiger partial charge in [-0.15, -0.1) is 0 Å². The summed E-state index contributed by atoms with van der Waals surface area (Å²) in [6, 6.07) is 2.21. The third-order valence-electron chi connectivity index (χ3n) is 2.81. The fraction of sp³-hybridized carbons (Fsp3) is 0.833. The number of nitriles is 1. The molecule has 1 unspecified atom stereocenters. The minimum Gasteiger partial charge on any atom is -0.375 e. The zero-order valence-corrected chi connectivity index (χ0v) is 10.6. The Balaban J connectivity index is 2.43. The number of hydrogen-bond acceptors (Lipinski definition) is 4. The van der Waals surface area contributed by atoms with Crippen LogP contribution in [-0.2, 0) is 9.53 Å². The van der Waals surface area contributed by atoms with Gasteiger partial charge < -0.3 is 15.0 Å². The van der Waals surface area contributed by atoms with E-state index in [9.17, 15) is 4.79 Å². The summed E-state index contributed by atoms with van der Waals surface area (Å²) in [7, 11) is 0. The third-order valence-corrected chi connectivity index (χ3v) is 2.81. The Hall–Kier alpha value is -1.12. The molecule has 1 N–H and O–H groups in total. The molecule has 0 radical (unpaired) electrons. The minimum atomic E-state index is -0.0282. The molecule has 0 aromatic heterocycles. The highest BCUT2D eigenvalue weighted by atomic mass is 16.5. The first-order valence-electron chi connectivity index (χ1n) is 6.14. The number of morpholine rings is 1. The minimum absolute atomic E-state index is 0.0282. The third kappa shape index (κ3) is 4.72. The number of ether oxygens (including phenoxy) is 1. The predicted octanol–water partition coefficient (Wildman–Crippen LogP) is 0.516. The summed E-state index contributed by atoms with van der Waals surface area (Å²) in [5.74, 6) is 0.0731. The van der Waals surface area contributed by atoms with Crippen molar-refractivity contribution in [3.8, 4) is 6.07 Å². The van der Waals surface area contributed by atoms with Gasteiger partial charge in [0.25, 0.3) is 0 Å². The SMILES string of the molecule is CC(C)N(CCC#N)C(=O)CC1CNCCO1. The fourth-order valence-corrected chi connectivity index (χ4v) is 1.90. The van der Waals surface area contributed by atoms with Crippen molar-refractivity contribution in [2.45, 2.75) is 38.8 Å². The van der Waals surface area contributed by atoms with Crippen LogP contribution in [0.4, 0.5) is 0 Å². The molecule has 0 spiro atoms. The summed E-state index contributed by atoms with van der Waals surface area (Å²) in [6.07, 6.45) is 0.754. The van der Waals surface area contributed by atoms with Crippen molar-refractivity contribution < 1.29 is 9.53 Å². The van der Waals surface area contributed by atoms with Crippen molar-refractivity contribution in [2.24, 2.45) is 0 Å². The maximum absolute atomic E-state index is 12.1. The molecular formula is C12H21N3O2. The Labute approximate surface area is 103 Å². The molecular weight excluding hydrogens is 218 g/mol. The monoisotopic (exact) mass is 239 g/mol. The van der Waals surface area contributed by atoms with E-state index in [1.165, 1.54) is 0 Å². The van der Waals surface area contributed by atoms with E-state index in [1.54, 1.807) is 4.90 Å². The fourth-order valence-electron chi connectivity index (χ4n) is 1.90. The van der Waals surface area contributed by atoms with Crippen LogP contribution in [0.2, 0.25) is 0 Å². The first-order valence-corrected chi connectivity index (χ1v) is 6.14. The molecule has 5 nitrogen and oxygen atoms in total. The second kappa shape index (κ2) is 7.25. The van der Waals surface area contributed by atoms with Gasteiger partial charge in [-0.25, -0.2) is 0 Å². The van der Waals surface area contributed by atoms with E-state index < -0.39 is 0 Å². The first-order chi connectivity index (χ1) is 8.15. The average molecular weight is 239 g/mol. The van der Waals surface area contributed by atoms with Crippen molar-refractivity contribution in [3.63, 3.8) is 0 Å². The van der Waals surface area contributed by atoms with Gasteiger partial charge in [-0.05, 0) is 13.8 Å². The molecule has 0 aromatic carbocycles. The van der Waals surface area contributed by atoms with Crippen LogP contribution in [0, 0.1) is 11.3 Å². The number of nitrogens with zero attached hydrogens (tertiary/aromatic N) is 2. The number of nitrogens with one attached hydrogen (secondary N) is 1. The lowest BCUT2D eigenvalue weighted by Crippen LogP contribution is -2.44. The summed E-state index contributed by atoms with van der Waals surface area (Å²) >= 11 is 0. The van der Waals surface area contributed by atoms with E-state index in [1.807, 2.05) is 13.8 Å². The standard InChI is InChI=1S/C12H21N3O2/c1-10(2)15(6-3-4-13)12(16)8-11-9-14-5-7-17-11/h10-11,14H,3,5-9H2,1-2H3. The largest absolute Gasteiger partial charge is 0.375 e. The van der Waals surface area contributed by atoms with E-state index in [2.05, 4.69) is 11.4 Å². The first kappa shape index (κ1) is 13.9. The summed E-state index contributed by atoms with van der Waals surface area (Å²) in [6.45, 7) is 6.69. The number of hydrogen-bond donors (Lipinski definition) is 1. The number of carbonyl (C=O) groups is 1. The smallest absolute Gasteiger partial charge is 0.225 e. The molecule has 0 aliphatic carbocycles. The Bertz CT molecular complexity index is 280. The van der Waals surface area contributed by atoms with Gasteiger partial charge in [0.2, 0.25) is 5.91 Å². The highest BCUT2D eigenvalue weighted by Crippen LogP contribution is 2.08. The second-order valence-corrected chi connectivity index (χ2v) is 4.49. The van der Waals surface area contributed by atoms with Crippen LogP contribution in [0.5, 0.6) is 0 Å². The van der Waals surface area contributed by atoms with Crippen LogP contribution in [0.3, 0.4) is 0 Å². The summed E-state index contributed by atoms with van der Waals surface area (Å²) in [5.41, 5.74) is 0. The maximum atomic E-state index is 12.1. The Morgan fingerprint density at radius 2 is 2.41 bits per heavy atom. The summed E-state index contributed by atoms with van der Waals surface area (Å²) in [4.78, 5) is 13.8. The van der Waals surface area contributed by atoms with Crippen molar-refractivity contribution >= 4 is 5.91 Å². The van der Waals surface area contributed by atoms with Gasteiger partial charge in [-0.2, -0.15) is 5.26 Å². The molecule has 1 aliphatic rings. The van der Waals surface area contributed by atoms with Crippen LogP contribution in [0.1, 0.15) is 26.7 Å². The molecule has 17 heavy (non-hydrogen) atoms. The molecule has 1 aliphatic heterocycles. The zero-order chi connectivity index (χ0) is 12.7. The summed E-state index contributed by atoms with van der Waals surface area (Å²) in [5, 5.41) is 11.8. The lowest BCUT2D eigenvalue weighted by molar-refractivity contribution is -0.136. The van der Waals surface area contributed by atoms with E-state index in [4.69, 9.17) is 10.00 Å². The molecule has 0 aromatic rings. The molecule has 1 fully saturated rings. The van der Waals surface area contributed by atoms with Crippen molar-refractivity contribution in [3.05, 3.63) is 0 Å². The van der Waals surface area contributed by atoms with Crippen LogP contribution in [0.25, 0.3) is 0 Å². The van der Waals surface area contributed by atoms with E-state index >= 15 is 0 Å². The van der Waals surface area contributed by atoms with Crippen LogP contribution >= 0.6 is 0 Å². The lowest BCUT2D eigenvalue weighted by atomic mass is 10.1. The van der Waals surface area contributed by atoms with Gasteiger partial charge in [0.05, 0.1) is 31.6 Å². The van der Waals surface area contributed by atoms with E-state index in [0.29, 0.717) is 26.0 Å². The predicted molar refractivity (Wildman–Crippen MR) is 64.3 cm³/mol. The lowest BCUT2D eigenvalue weighted by Gasteiger charge is -2.29. The average Bonchev–Trinajstić information content (AvgIpc) is 2.30. The molecule has 1 heterocycles. The molecule has 1 rings (SSSR count). The quantitative estimate of drug-likeness (QED) is 0.759. The van der Waals surface area contributed by atoms with E-state index in [-0.39, 0.29) is 18.1 Å². The molecule has 0 saturated carbocycles. The van der Waals surface area contributed by atoms with Gasteiger partial charge >= 0.3 is 0 Å². The Morgan fingerprint density at radius 3 is 2.94 bits per heavy atom. The van der Waals surface area contributed by atoms with Gasteiger partial charge in [-0.3, -0.25) is 4.79 Å². The highest BCUT2D eigenvalue weighted by molar-refractivity contribution is 5.77. The number of carbonyl (C=O) groups excluding carboxylic acids is 1. The van der Waals surface area contributed by atoms with Gasteiger partial charge in [-0.1, -0.05) is 0 Å². The number of rotatable bonds is 5. The van der Waals surface area contributed by atoms with Crippen LogP contribution in [-0.4, -0.2) is 49.2 Å². The topological polar surface area (TPSA) is 65.4 Å². The van der Waals surface area contributed by atoms with Crippen molar-refractivity contribution in [2.75, 3.05) is 26.2 Å². The molecule has 1 saturated heterocycles. The van der Waals surface area contributed by atoms with Crippen molar-refractivity contribution in [1.29, 1.82) is 5.26 Å². The molecule has 1 amide bonds. The highest BCUT2D eigenvalue weighted by Gasteiger charge is 2.22. The van der Waals surface area contributed by atoms with Crippen LogP contribution in [0.15, 0.2) is 0 Å². The molecule has 5 heteroatoms. The van der Waals surface area contributed by atoms with E-state index in [0.717, 1.165) is 13.1 Å². The zero-order valence-electron chi connectivity index (χ0n) is 10.6.